The Labute approximate surface area is 297 Å². The molecule has 1 aromatic heterocycles. The number of hydrogen-bond acceptors (Lipinski definition) is 12. The molecule has 1 fully saturated rings. The number of Topliss-reactive ketones (excluding diaryl/α,β-unsaturated/α-hetero) is 1. The SMILES string of the molecule is C=C1CC(OC(C)=O)C(OC(=O)c2cccnc2)C(C)(C)C=CC(C)C(=O)C2(OC(C)=O)CC(C)C(OC(=O)c3ccccc3)C2C1OC(C)=O. The van der Waals surface area contributed by atoms with Crippen LogP contribution in [0.3, 0.4) is 0 Å². The van der Waals surface area contributed by atoms with Crippen LogP contribution in [0.4, 0.5) is 0 Å². The lowest BCUT2D eigenvalue weighted by Gasteiger charge is -2.42. The Morgan fingerprint density at radius 1 is 0.824 bits per heavy atom. The highest BCUT2D eigenvalue weighted by atomic mass is 16.6. The van der Waals surface area contributed by atoms with Crippen LogP contribution < -0.4 is 0 Å². The zero-order valence-corrected chi connectivity index (χ0v) is 30.0. The predicted octanol–water partition coefficient (Wildman–Crippen LogP) is 5.40. The van der Waals surface area contributed by atoms with E-state index in [1.807, 2.05) is 0 Å². The summed E-state index contributed by atoms with van der Waals surface area (Å²) in [6.07, 6.45) is 0.958. The van der Waals surface area contributed by atoms with Gasteiger partial charge in [0.1, 0.15) is 24.4 Å². The molecule has 0 saturated heterocycles. The molecule has 2 aliphatic rings. The summed E-state index contributed by atoms with van der Waals surface area (Å²) < 4.78 is 29.9. The van der Waals surface area contributed by atoms with Crippen molar-refractivity contribution in [3.05, 3.63) is 90.3 Å². The molecule has 0 amide bonds. The first-order valence-electron chi connectivity index (χ1n) is 16.8. The highest BCUT2D eigenvalue weighted by Gasteiger charge is 2.65. The molecule has 12 nitrogen and oxygen atoms in total. The molecule has 0 radical (unpaired) electrons. The van der Waals surface area contributed by atoms with Gasteiger partial charge in [0.05, 0.1) is 17.0 Å². The maximum atomic E-state index is 14.7. The molecular weight excluding hydrogens is 658 g/mol. The molecule has 0 N–H and O–H groups in total. The van der Waals surface area contributed by atoms with E-state index < -0.39 is 88.8 Å². The number of rotatable bonds is 7. The minimum Gasteiger partial charge on any atom is -0.458 e. The van der Waals surface area contributed by atoms with E-state index in [0.29, 0.717) is 0 Å². The minimum atomic E-state index is -1.94. The number of esters is 5. The normalized spacial score (nSPS) is 29.0. The summed E-state index contributed by atoms with van der Waals surface area (Å²) in [7, 11) is 0. The second-order valence-corrected chi connectivity index (χ2v) is 13.9. The van der Waals surface area contributed by atoms with Crippen molar-refractivity contribution >= 4 is 35.6 Å². The Kier molecular flexibility index (Phi) is 12.0. The topological polar surface area (TPSA) is 161 Å². The van der Waals surface area contributed by atoms with E-state index in [2.05, 4.69) is 11.6 Å². The zero-order chi connectivity index (χ0) is 37.7. The number of nitrogens with zero attached hydrogens (tertiary/aromatic N) is 1. The van der Waals surface area contributed by atoms with E-state index in [4.69, 9.17) is 23.7 Å². The second kappa shape index (κ2) is 15.8. The van der Waals surface area contributed by atoms with Gasteiger partial charge in [0.15, 0.2) is 11.4 Å². The fourth-order valence-electron chi connectivity index (χ4n) is 7.12. The van der Waals surface area contributed by atoms with Gasteiger partial charge in [-0.3, -0.25) is 24.2 Å². The van der Waals surface area contributed by atoms with Crippen LogP contribution in [-0.4, -0.2) is 70.6 Å². The van der Waals surface area contributed by atoms with Gasteiger partial charge >= 0.3 is 29.8 Å². The van der Waals surface area contributed by atoms with E-state index in [-0.39, 0.29) is 29.5 Å². The van der Waals surface area contributed by atoms with Crippen molar-refractivity contribution in [3.8, 4) is 0 Å². The number of hydrogen-bond donors (Lipinski definition) is 0. The van der Waals surface area contributed by atoms with Crippen molar-refractivity contribution in [1.29, 1.82) is 0 Å². The molecular formula is C39H45NO11. The van der Waals surface area contributed by atoms with Crippen molar-refractivity contribution in [3.63, 3.8) is 0 Å². The van der Waals surface area contributed by atoms with Crippen LogP contribution in [0.25, 0.3) is 0 Å². The van der Waals surface area contributed by atoms with Gasteiger partial charge in [-0.1, -0.05) is 64.6 Å². The number of fused-ring (bicyclic) bond motifs is 1. The molecule has 0 spiro atoms. The molecule has 8 atom stereocenters. The fraction of sp³-hybridized carbons (Fsp3) is 0.462. The monoisotopic (exact) mass is 703 g/mol. The number of aromatic nitrogens is 1. The van der Waals surface area contributed by atoms with Crippen LogP contribution in [0.1, 0.15) is 82.0 Å². The maximum absolute atomic E-state index is 14.7. The zero-order valence-electron chi connectivity index (χ0n) is 30.0. The summed E-state index contributed by atoms with van der Waals surface area (Å²) in [4.78, 5) is 84.0. The van der Waals surface area contributed by atoms with E-state index in [1.54, 1.807) is 76.2 Å². The molecule has 2 aliphatic carbocycles. The van der Waals surface area contributed by atoms with Crippen LogP contribution in [-0.2, 0) is 42.9 Å². The molecule has 1 heterocycles. The molecule has 51 heavy (non-hydrogen) atoms. The number of carbonyl (C=O) groups excluding carboxylic acids is 6. The summed E-state index contributed by atoms with van der Waals surface area (Å²) in [6, 6.07) is 11.3. The summed E-state index contributed by atoms with van der Waals surface area (Å²) >= 11 is 0. The number of carbonyl (C=O) groups is 6. The smallest absolute Gasteiger partial charge is 0.340 e. The van der Waals surface area contributed by atoms with Crippen LogP contribution in [0.5, 0.6) is 0 Å². The Balaban J connectivity index is 1.93. The summed E-state index contributed by atoms with van der Waals surface area (Å²) in [6.45, 7) is 14.6. The highest BCUT2D eigenvalue weighted by Crippen LogP contribution is 2.51. The molecule has 1 saturated carbocycles. The summed E-state index contributed by atoms with van der Waals surface area (Å²) in [5.41, 5.74) is -2.49. The van der Waals surface area contributed by atoms with Crippen molar-refractivity contribution in [1.82, 2.24) is 4.98 Å². The number of ether oxygens (including phenoxy) is 5. The van der Waals surface area contributed by atoms with Crippen molar-refractivity contribution < 1.29 is 52.5 Å². The summed E-state index contributed by atoms with van der Waals surface area (Å²) in [5.74, 6) is -6.96. The van der Waals surface area contributed by atoms with E-state index >= 15 is 0 Å². The first-order chi connectivity index (χ1) is 24.0. The number of pyridine rings is 1. The number of benzene rings is 1. The van der Waals surface area contributed by atoms with Gasteiger partial charge in [0.2, 0.25) is 0 Å². The third kappa shape index (κ3) is 8.79. The first kappa shape index (κ1) is 38.7. The van der Waals surface area contributed by atoms with Crippen LogP contribution >= 0.6 is 0 Å². The average Bonchev–Trinajstić information content (AvgIpc) is 3.33. The van der Waals surface area contributed by atoms with Gasteiger partial charge in [0.25, 0.3) is 0 Å². The molecule has 8 unspecified atom stereocenters. The highest BCUT2D eigenvalue weighted by molar-refractivity contribution is 5.94. The van der Waals surface area contributed by atoms with E-state index in [0.717, 1.165) is 0 Å². The second-order valence-electron chi connectivity index (χ2n) is 13.9. The largest absolute Gasteiger partial charge is 0.458 e. The Hall–Kier alpha value is -5.13. The lowest BCUT2D eigenvalue weighted by molar-refractivity contribution is -0.182. The molecule has 0 aliphatic heterocycles. The van der Waals surface area contributed by atoms with Gasteiger partial charge < -0.3 is 23.7 Å². The fourth-order valence-corrected chi connectivity index (χ4v) is 7.12. The van der Waals surface area contributed by atoms with Gasteiger partial charge in [-0.2, -0.15) is 0 Å². The van der Waals surface area contributed by atoms with E-state index in [9.17, 15) is 28.8 Å². The maximum Gasteiger partial charge on any atom is 0.340 e. The quantitative estimate of drug-likeness (QED) is 0.205. The number of ketones is 1. The van der Waals surface area contributed by atoms with Gasteiger partial charge in [0, 0.05) is 57.3 Å². The van der Waals surface area contributed by atoms with E-state index in [1.165, 1.54) is 39.2 Å². The standard InChI is InChI=1S/C39H45NO11/c1-22-16-17-38(7,8)35(50-37(46)29-15-12-18-40-21-29)30(47-25(4)41)19-23(2)32(48-26(5)42)31-33(49-36(45)28-13-10-9-11-14-28)24(3)20-39(31,34(22)44)51-27(6)43/h9-18,21-22,24,30-33,35H,2,19-20H2,1,3-8H3. The average molecular weight is 704 g/mol. The Morgan fingerprint density at radius 2 is 1.45 bits per heavy atom. The molecule has 272 valence electrons. The molecule has 2 aromatic rings. The molecule has 0 bridgehead atoms. The Bertz CT molecular complexity index is 1680. The molecule has 1 aromatic carbocycles. The Morgan fingerprint density at radius 3 is 2.04 bits per heavy atom. The lowest BCUT2D eigenvalue weighted by Crippen LogP contribution is -2.56. The number of allylic oxidation sites excluding steroid dienone is 1. The third-order valence-corrected chi connectivity index (χ3v) is 9.31. The van der Waals surface area contributed by atoms with Crippen molar-refractivity contribution in [2.24, 2.45) is 23.2 Å². The van der Waals surface area contributed by atoms with Crippen LogP contribution in [0.2, 0.25) is 0 Å². The lowest BCUT2D eigenvalue weighted by atomic mass is 9.72. The molecule has 12 heteroatoms. The predicted molar refractivity (Wildman–Crippen MR) is 183 cm³/mol. The third-order valence-electron chi connectivity index (χ3n) is 9.31. The summed E-state index contributed by atoms with van der Waals surface area (Å²) in [5, 5.41) is 0. The van der Waals surface area contributed by atoms with Crippen LogP contribution in [0, 0.1) is 23.2 Å². The molecule has 4 rings (SSSR count). The van der Waals surface area contributed by atoms with Gasteiger partial charge in [-0.25, -0.2) is 9.59 Å². The van der Waals surface area contributed by atoms with Gasteiger partial charge in [-0.05, 0) is 35.8 Å². The minimum absolute atomic E-state index is 0.0614. The van der Waals surface area contributed by atoms with Crippen molar-refractivity contribution in [2.75, 3.05) is 0 Å². The van der Waals surface area contributed by atoms with Crippen molar-refractivity contribution in [2.45, 2.75) is 91.3 Å². The van der Waals surface area contributed by atoms with Crippen LogP contribution in [0.15, 0.2) is 79.2 Å². The first-order valence-corrected chi connectivity index (χ1v) is 16.8. The van der Waals surface area contributed by atoms with Gasteiger partial charge in [-0.15, -0.1) is 0 Å².